The molecule has 0 bridgehead atoms. The van der Waals surface area contributed by atoms with Crippen molar-refractivity contribution in [3.8, 4) is 5.75 Å². The Kier molecular flexibility index (Phi) is 5.23. The molecule has 4 nitrogen and oxygen atoms in total. The number of amides is 1. The second kappa shape index (κ2) is 6.70. The van der Waals surface area contributed by atoms with Gasteiger partial charge < -0.3 is 4.74 Å². The summed E-state index contributed by atoms with van der Waals surface area (Å²) in [5.41, 5.74) is 0.936. The molecule has 1 aromatic carbocycles. The second-order valence-corrected chi connectivity index (χ2v) is 3.35. The van der Waals surface area contributed by atoms with Gasteiger partial charge in [0.05, 0.1) is 13.7 Å². The Hall–Kier alpha value is -1.81. The first kappa shape index (κ1) is 13.3. The molecule has 0 aliphatic rings. The van der Waals surface area contributed by atoms with E-state index in [4.69, 9.17) is 9.57 Å². The molecule has 0 saturated carbocycles. The number of nitrogens with zero attached hydrogens (tertiary/aromatic N) is 1. The zero-order chi connectivity index (χ0) is 12.7. The smallest absolute Gasteiger partial charge is 0.269 e. The molecule has 0 atom stereocenters. The monoisotopic (exact) mass is 235 g/mol. The molecule has 0 saturated heterocycles. The van der Waals surface area contributed by atoms with Gasteiger partial charge in [0.2, 0.25) is 0 Å². The minimum Gasteiger partial charge on any atom is -0.494 e. The predicted molar refractivity (Wildman–Crippen MR) is 66.4 cm³/mol. The lowest BCUT2D eigenvalue weighted by Crippen LogP contribution is -2.22. The van der Waals surface area contributed by atoms with E-state index >= 15 is 0 Å². The minimum atomic E-state index is -0.207. The van der Waals surface area contributed by atoms with Gasteiger partial charge in [-0.3, -0.25) is 9.63 Å². The van der Waals surface area contributed by atoms with Gasteiger partial charge in [-0.05, 0) is 30.7 Å². The predicted octanol–water partition coefficient (Wildman–Crippen LogP) is 2.12. The summed E-state index contributed by atoms with van der Waals surface area (Å²) in [7, 11) is 3.01. The molecule has 4 heteroatoms. The van der Waals surface area contributed by atoms with Crippen LogP contribution < -0.4 is 4.74 Å². The summed E-state index contributed by atoms with van der Waals surface area (Å²) in [5.74, 6) is 0.617. The van der Waals surface area contributed by atoms with Gasteiger partial charge >= 0.3 is 0 Å². The van der Waals surface area contributed by atoms with E-state index < -0.39 is 0 Å². The quantitative estimate of drug-likeness (QED) is 0.579. The van der Waals surface area contributed by atoms with Gasteiger partial charge in [-0.2, -0.15) is 0 Å². The van der Waals surface area contributed by atoms with Crippen molar-refractivity contribution in [2.24, 2.45) is 0 Å². The lowest BCUT2D eigenvalue weighted by molar-refractivity contribution is -0.162. The maximum atomic E-state index is 11.4. The summed E-state index contributed by atoms with van der Waals surface area (Å²) < 4.78 is 5.32. The molecular weight excluding hydrogens is 218 g/mol. The molecule has 1 amide bonds. The summed E-state index contributed by atoms with van der Waals surface area (Å²) in [6.45, 7) is 2.58. The number of hydroxylamine groups is 2. The van der Waals surface area contributed by atoms with Gasteiger partial charge in [0, 0.05) is 13.1 Å². The highest BCUT2D eigenvalue weighted by Gasteiger charge is 2.01. The van der Waals surface area contributed by atoms with E-state index in [1.165, 1.54) is 13.2 Å². The Morgan fingerprint density at radius 1 is 1.35 bits per heavy atom. The number of hydrogen-bond donors (Lipinski definition) is 0. The van der Waals surface area contributed by atoms with Gasteiger partial charge in [0.1, 0.15) is 5.75 Å². The molecule has 92 valence electrons. The first-order valence-corrected chi connectivity index (χ1v) is 5.40. The van der Waals surface area contributed by atoms with Crippen LogP contribution in [0.25, 0.3) is 6.08 Å². The van der Waals surface area contributed by atoms with Crippen molar-refractivity contribution in [3.05, 3.63) is 35.9 Å². The molecule has 0 aliphatic heterocycles. The lowest BCUT2D eigenvalue weighted by atomic mass is 10.2. The van der Waals surface area contributed by atoms with Crippen molar-refractivity contribution in [2.45, 2.75) is 6.92 Å². The van der Waals surface area contributed by atoms with E-state index in [9.17, 15) is 4.79 Å². The van der Waals surface area contributed by atoms with Crippen molar-refractivity contribution < 1.29 is 14.4 Å². The van der Waals surface area contributed by atoms with Crippen LogP contribution in [0.2, 0.25) is 0 Å². The number of carbonyl (C=O) groups excluding carboxylic acids is 1. The highest BCUT2D eigenvalue weighted by atomic mass is 16.7. The van der Waals surface area contributed by atoms with Gasteiger partial charge in [-0.15, -0.1) is 0 Å². The largest absolute Gasteiger partial charge is 0.494 e. The fourth-order valence-electron chi connectivity index (χ4n) is 1.20. The number of rotatable bonds is 5. The van der Waals surface area contributed by atoms with E-state index in [1.807, 2.05) is 31.2 Å². The standard InChI is InChI=1S/C13H17NO3/c1-4-17-12-8-5-11(6-9-12)7-10-13(15)14(2)16-3/h5-10H,4H2,1-3H3/b10-7-. The van der Waals surface area contributed by atoms with Gasteiger partial charge in [-0.25, -0.2) is 5.06 Å². The summed E-state index contributed by atoms with van der Waals surface area (Å²) in [4.78, 5) is 16.2. The first-order chi connectivity index (χ1) is 8.17. The van der Waals surface area contributed by atoms with Crippen molar-refractivity contribution in [1.29, 1.82) is 0 Å². The summed E-state index contributed by atoms with van der Waals surface area (Å²) in [5, 5.41) is 1.16. The average Bonchev–Trinajstić information content (AvgIpc) is 2.37. The third kappa shape index (κ3) is 4.28. The number of hydrogen-bond acceptors (Lipinski definition) is 3. The zero-order valence-electron chi connectivity index (χ0n) is 10.3. The maximum Gasteiger partial charge on any atom is 0.269 e. The van der Waals surface area contributed by atoms with Crippen molar-refractivity contribution >= 4 is 12.0 Å². The Morgan fingerprint density at radius 2 is 2.00 bits per heavy atom. The highest BCUT2D eigenvalue weighted by Crippen LogP contribution is 2.13. The molecule has 0 aliphatic carbocycles. The minimum absolute atomic E-state index is 0.207. The molecule has 0 spiro atoms. The summed E-state index contributed by atoms with van der Waals surface area (Å²) in [6.07, 6.45) is 3.19. The van der Waals surface area contributed by atoms with Crippen LogP contribution in [0.3, 0.4) is 0 Å². The molecule has 0 unspecified atom stereocenters. The molecule has 0 aromatic heterocycles. The average molecular weight is 235 g/mol. The third-order valence-electron chi connectivity index (χ3n) is 2.19. The van der Waals surface area contributed by atoms with Crippen molar-refractivity contribution in [2.75, 3.05) is 20.8 Å². The van der Waals surface area contributed by atoms with Gasteiger partial charge in [0.15, 0.2) is 0 Å². The van der Waals surface area contributed by atoms with Gasteiger partial charge in [-0.1, -0.05) is 12.1 Å². The topological polar surface area (TPSA) is 38.8 Å². The van der Waals surface area contributed by atoms with Crippen LogP contribution in [0.1, 0.15) is 12.5 Å². The molecular formula is C13H17NO3. The molecule has 17 heavy (non-hydrogen) atoms. The van der Waals surface area contributed by atoms with E-state index in [2.05, 4.69) is 0 Å². The normalized spacial score (nSPS) is 10.5. The molecule has 0 N–H and O–H groups in total. The van der Waals surface area contributed by atoms with E-state index in [1.54, 1.807) is 13.1 Å². The Morgan fingerprint density at radius 3 is 2.53 bits per heavy atom. The van der Waals surface area contributed by atoms with Crippen LogP contribution in [-0.4, -0.2) is 31.7 Å². The number of carbonyl (C=O) groups is 1. The number of ether oxygens (including phenoxy) is 1. The Balaban J connectivity index is 2.62. The summed E-state index contributed by atoms with van der Waals surface area (Å²) in [6, 6.07) is 7.52. The number of benzene rings is 1. The highest BCUT2D eigenvalue weighted by molar-refractivity contribution is 5.90. The molecule has 1 rings (SSSR count). The zero-order valence-corrected chi connectivity index (χ0v) is 10.3. The second-order valence-electron chi connectivity index (χ2n) is 3.35. The Bertz CT molecular complexity index is 384. The van der Waals surface area contributed by atoms with Crippen molar-refractivity contribution in [3.63, 3.8) is 0 Å². The maximum absolute atomic E-state index is 11.4. The first-order valence-electron chi connectivity index (χ1n) is 5.40. The van der Waals surface area contributed by atoms with Crippen molar-refractivity contribution in [1.82, 2.24) is 5.06 Å². The fraction of sp³-hybridized carbons (Fsp3) is 0.308. The van der Waals surface area contributed by atoms with E-state index in [0.717, 1.165) is 16.4 Å². The molecule has 0 heterocycles. The van der Waals surface area contributed by atoms with Crippen LogP contribution >= 0.6 is 0 Å². The number of likely N-dealkylation sites (N-methyl/N-ethyl adjacent to an activating group) is 1. The summed E-state index contributed by atoms with van der Waals surface area (Å²) >= 11 is 0. The SMILES string of the molecule is CCOc1ccc(/C=C\C(=O)N(C)OC)cc1. The molecule has 0 fully saturated rings. The van der Waals surface area contributed by atoms with Crippen LogP contribution in [0, 0.1) is 0 Å². The van der Waals surface area contributed by atoms with Crippen LogP contribution in [0.15, 0.2) is 30.3 Å². The lowest BCUT2D eigenvalue weighted by Gasteiger charge is -2.10. The van der Waals surface area contributed by atoms with Crippen LogP contribution in [0.4, 0.5) is 0 Å². The van der Waals surface area contributed by atoms with Crippen LogP contribution in [0.5, 0.6) is 5.75 Å². The Labute approximate surface area is 101 Å². The third-order valence-corrected chi connectivity index (χ3v) is 2.19. The fourth-order valence-corrected chi connectivity index (χ4v) is 1.20. The van der Waals surface area contributed by atoms with E-state index in [0.29, 0.717) is 6.61 Å². The van der Waals surface area contributed by atoms with Crippen LogP contribution in [-0.2, 0) is 9.63 Å². The van der Waals surface area contributed by atoms with Gasteiger partial charge in [0.25, 0.3) is 5.91 Å². The molecule has 0 radical (unpaired) electrons. The van der Waals surface area contributed by atoms with E-state index in [-0.39, 0.29) is 5.91 Å². The molecule has 1 aromatic rings.